The Labute approximate surface area is 323 Å². The molecule has 1 aliphatic heterocycles. The molecule has 1 aromatic heterocycles. The van der Waals surface area contributed by atoms with Crippen LogP contribution in [0.4, 0.5) is 21.1 Å². The molecule has 2 N–H and O–H groups in total. The lowest BCUT2D eigenvalue weighted by Crippen LogP contribution is -2.48. The van der Waals surface area contributed by atoms with Crippen molar-refractivity contribution in [1.29, 1.82) is 0 Å². The number of Topliss-reactive ketones (excluding diaryl/α,β-unsaturated/α-hetero) is 1. The van der Waals surface area contributed by atoms with Crippen molar-refractivity contribution in [2.75, 3.05) is 64.2 Å². The van der Waals surface area contributed by atoms with Gasteiger partial charge in [-0.25, -0.2) is 19.6 Å². The van der Waals surface area contributed by atoms with Crippen molar-refractivity contribution in [3.63, 3.8) is 0 Å². The van der Waals surface area contributed by atoms with Crippen LogP contribution >= 0.6 is 15.9 Å². The van der Waals surface area contributed by atoms with Crippen LogP contribution in [-0.2, 0) is 33.9 Å². The van der Waals surface area contributed by atoms with E-state index in [-0.39, 0.29) is 32.0 Å². The van der Waals surface area contributed by atoms with Gasteiger partial charge in [0.05, 0.1) is 12.1 Å². The maximum atomic E-state index is 13.7. The molecule has 2 heterocycles. The van der Waals surface area contributed by atoms with Crippen molar-refractivity contribution < 1.29 is 23.9 Å². The Morgan fingerprint density at radius 3 is 1.87 bits per heavy atom. The lowest BCUT2D eigenvalue weighted by Gasteiger charge is -2.31. The summed E-state index contributed by atoms with van der Waals surface area (Å²) in [6, 6.07) is 32.7. The maximum absolute atomic E-state index is 13.7. The Kier molecular flexibility index (Phi) is 13.9. The van der Waals surface area contributed by atoms with E-state index in [0.717, 1.165) is 37.8 Å². The van der Waals surface area contributed by atoms with Gasteiger partial charge in [0.1, 0.15) is 25.4 Å². The first kappa shape index (κ1) is 38.4. The van der Waals surface area contributed by atoms with Crippen LogP contribution in [0.2, 0.25) is 0 Å². The summed E-state index contributed by atoms with van der Waals surface area (Å²) < 4.78 is 12.3. The number of amides is 2. The molecular weight excluding hydrogens is 750 g/mol. The summed E-state index contributed by atoms with van der Waals surface area (Å²) in [6.45, 7) is 3.84. The smallest absolute Gasteiger partial charge is 0.410 e. The van der Waals surface area contributed by atoms with Gasteiger partial charge in [0.2, 0.25) is 0 Å². The number of carbonyl (C=O) groups is 3. The van der Waals surface area contributed by atoms with Crippen LogP contribution in [0, 0.1) is 0 Å². The number of anilines is 2. The van der Waals surface area contributed by atoms with E-state index in [4.69, 9.17) is 9.47 Å². The fourth-order valence-corrected chi connectivity index (χ4v) is 6.34. The Hall–Kier alpha value is -5.37. The van der Waals surface area contributed by atoms with Gasteiger partial charge in [0, 0.05) is 74.3 Å². The molecule has 0 aliphatic carbocycles. The van der Waals surface area contributed by atoms with E-state index < -0.39 is 12.2 Å². The molecular formula is C41H44BrN7O5. The molecule has 4 aromatic carbocycles. The van der Waals surface area contributed by atoms with Crippen molar-refractivity contribution in [3.8, 4) is 0 Å². The lowest BCUT2D eigenvalue weighted by molar-refractivity contribution is -0.119. The van der Waals surface area contributed by atoms with Crippen LogP contribution in [0.5, 0.6) is 0 Å². The first-order valence-corrected chi connectivity index (χ1v) is 18.8. The minimum absolute atomic E-state index is 0.00165. The fourth-order valence-electron chi connectivity index (χ4n) is 6.07. The molecule has 0 spiro atoms. The first-order chi connectivity index (χ1) is 26.4. The summed E-state index contributed by atoms with van der Waals surface area (Å²) in [5.74, 6) is 0.676. The molecule has 0 radical (unpaired) electrons. The van der Waals surface area contributed by atoms with E-state index >= 15 is 0 Å². The second-order valence-corrected chi connectivity index (χ2v) is 13.9. The van der Waals surface area contributed by atoms with Gasteiger partial charge in [-0.3, -0.25) is 9.69 Å². The minimum Gasteiger partial charge on any atom is -0.445 e. The number of hydrogen-bond donors (Lipinski definition) is 2. The van der Waals surface area contributed by atoms with Gasteiger partial charge in [0.15, 0.2) is 5.78 Å². The topological polar surface area (TPSA) is 129 Å². The zero-order valence-corrected chi connectivity index (χ0v) is 31.6. The summed E-state index contributed by atoms with van der Waals surface area (Å²) in [5.41, 5.74) is 4.26. The number of fused-ring (bicyclic) bond motifs is 1. The van der Waals surface area contributed by atoms with Crippen LogP contribution in [0.15, 0.2) is 114 Å². The number of ether oxygens (including phenoxy) is 2. The number of ketones is 1. The van der Waals surface area contributed by atoms with Crippen molar-refractivity contribution in [3.05, 3.63) is 131 Å². The molecule has 6 rings (SSSR count). The van der Waals surface area contributed by atoms with Gasteiger partial charge in [-0.05, 0) is 53.1 Å². The summed E-state index contributed by atoms with van der Waals surface area (Å²) in [6.07, 6.45) is 0.875. The average molecular weight is 795 g/mol. The highest BCUT2D eigenvalue weighted by Crippen LogP contribution is 2.25. The van der Waals surface area contributed by atoms with E-state index in [2.05, 4.69) is 36.5 Å². The predicted molar refractivity (Wildman–Crippen MR) is 211 cm³/mol. The molecule has 1 saturated heterocycles. The van der Waals surface area contributed by atoms with Gasteiger partial charge in [-0.1, -0.05) is 82.7 Å². The molecule has 0 atom stereocenters. The van der Waals surface area contributed by atoms with E-state index in [0.29, 0.717) is 58.2 Å². The number of carbonyl (C=O) groups excluding carboxylic acids is 3. The van der Waals surface area contributed by atoms with Crippen LogP contribution in [-0.4, -0.2) is 102 Å². The molecule has 280 valence electrons. The largest absolute Gasteiger partial charge is 0.445 e. The minimum atomic E-state index is -0.415. The van der Waals surface area contributed by atoms with E-state index in [1.807, 2.05) is 108 Å². The van der Waals surface area contributed by atoms with Crippen LogP contribution in [0.1, 0.15) is 16.7 Å². The highest BCUT2D eigenvalue weighted by Gasteiger charge is 2.22. The van der Waals surface area contributed by atoms with Gasteiger partial charge in [0.25, 0.3) is 0 Å². The molecule has 2 amide bonds. The third kappa shape index (κ3) is 11.6. The summed E-state index contributed by atoms with van der Waals surface area (Å²) in [7, 11) is 0. The second kappa shape index (κ2) is 19.6. The molecule has 0 unspecified atom stereocenters. The maximum Gasteiger partial charge on any atom is 0.410 e. The van der Waals surface area contributed by atoms with E-state index in [9.17, 15) is 14.4 Å². The average Bonchev–Trinajstić information content (AvgIpc) is 3.19. The number of aromatic nitrogens is 2. The van der Waals surface area contributed by atoms with Crippen LogP contribution in [0.3, 0.4) is 0 Å². The van der Waals surface area contributed by atoms with E-state index in [1.165, 1.54) is 6.33 Å². The zero-order valence-electron chi connectivity index (χ0n) is 30.0. The molecule has 0 bridgehead atoms. The quantitative estimate of drug-likeness (QED) is 0.163. The molecule has 1 fully saturated rings. The lowest BCUT2D eigenvalue weighted by atomic mass is 10.1. The number of hydrogen-bond acceptors (Lipinski definition) is 10. The second-order valence-electron chi connectivity index (χ2n) is 13.0. The van der Waals surface area contributed by atoms with Gasteiger partial charge >= 0.3 is 12.2 Å². The van der Waals surface area contributed by atoms with Gasteiger partial charge in [-0.2, -0.15) is 0 Å². The number of benzene rings is 4. The molecule has 13 heteroatoms. The van der Waals surface area contributed by atoms with E-state index in [1.54, 1.807) is 9.80 Å². The van der Waals surface area contributed by atoms with Crippen LogP contribution in [0.25, 0.3) is 10.9 Å². The molecule has 54 heavy (non-hydrogen) atoms. The Bertz CT molecular complexity index is 1920. The Morgan fingerprint density at radius 1 is 0.685 bits per heavy atom. The SMILES string of the molecule is O=C(Cc1ccc2c(Nc3ccc(Br)cc3)ncnc2c1)CN1CCN(C(=O)OCc2ccccc2)CCNCCN(C(=O)OCc2ccccc2)CC1. The van der Waals surface area contributed by atoms with Crippen molar-refractivity contribution in [2.24, 2.45) is 0 Å². The normalized spacial score (nSPS) is 14.5. The van der Waals surface area contributed by atoms with Gasteiger partial charge in [-0.15, -0.1) is 0 Å². The molecule has 5 aromatic rings. The van der Waals surface area contributed by atoms with Crippen molar-refractivity contribution in [2.45, 2.75) is 19.6 Å². The number of nitrogens with one attached hydrogen (secondary N) is 2. The monoisotopic (exact) mass is 793 g/mol. The first-order valence-electron chi connectivity index (χ1n) is 18.0. The number of halogens is 1. The number of nitrogens with zero attached hydrogens (tertiary/aromatic N) is 5. The number of rotatable bonds is 10. The fraction of sp³-hybridized carbons (Fsp3) is 0.293. The summed E-state index contributed by atoms with van der Waals surface area (Å²) in [5, 5.41) is 7.53. The predicted octanol–water partition coefficient (Wildman–Crippen LogP) is 6.43. The van der Waals surface area contributed by atoms with Gasteiger partial charge < -0.3 is 29.9 Å². The van der Waals surface area contributed by atoms with Crippen molar-refractivity contribution >= 4 is 56.3 Å². The third-order valence-electron chi connectivity index (χ3n) is 9.03. The van der Waals surface area contributed by atoms with Crippen molar-refractivity contribution in [1.82, 2.24) is 30.0 Å². The highest BCUT2D eigenvalue weighted by molar-refractivity contribution is 9.10. The molecule has 1 aliphatic rings. The Morgan fingerprint density at radius 2 is 1.28 bits per heavy atom. The Balaban J connectivity index is 1.12. The molecule has 12 nitrogen and oxygen atoms in total. The summed E-state index contributed by atoms with van der Waals surface area (Å²) in [4.78, 5) is 54.4. The highest BCUT2D eigenvalue weighted by atomic mass is 79.9. The standard InChI is InChI=1S/C41H44BrN7O5/c42-34-12-14-35(15-13-34)46-39-37-16-11-33(26-38(37)44-30-45-39)25-36(50)27-47-21-23-48(40(51)53-28-31-7-3-1-4-8-31)19-17-43-18-20-49(24-22-47)41(52)54-29-32-9-5-2-6-10-32/h1-16,26,30,43H,17-25,27-29H2,(H,44,45,46). The third-order valence-corrected chi connectivity index (χ3v) is 9.55. The summed E-state index contributed by atoms with van der Waals surface area (Å²) >= 11 is 3.46. The van der Waals surface area contributed by atoms with Crippen LogP contribution < -0.4 is 10.6 Å². The molecule has 0 saturated carbocycles. The zero-order chi connectivity index (χ0) is 37.5.